The largest absolute Gasteiger partial charge is 0.300 e. The van der Waals surface area contributed by atoms with Crippen LogP contribution in [0, 0.1) is 0 Å². The van der Waals surface area contributed by atoms with Gasteiger partial charge in [-0.25, -0.2) is 5.90 Å². The van der Waals surface area contributed by atoms with E-state index in [-0.39, 0.29) is 0 Å². The van der Waals surface area contributed by atoms with Gasteiger partial charge in [0.2, 0.25) is 0 Å². The second-order valence-electron chi connectivity index (χ2n) is 3.29. The highest BCUT2D eigenvalue weighted by Gasteiger charge is 2.19. The van der Waals surface area contributed by atoms with Crippen LogP contribution in [-0.2, 0) is 11.4 Å². The summed E-state index contributed by atoms with van der Waals surface area (Å²) in [7, 11) is 0. The highest BCUT2D eigenvalue weighted by molar-refractivity contribution is 8.00. The van der Waals surface area contributed by atoms with Gasteiger partial charge in [0.05, 0.1) is 6.61 Å². The van der Waals surface area contributed by atoms with E-state index in [0.29, 0.717) is 6.61 Å². The van der Waals surface area contributed by atoms with Crippen LogP contribution in [0.15, 0.2) is 24.3 Å². The Hall–Kier alpha value is -0.510. The molecule has 1 aromatic carbocycles. The average Bonchev–Trinajstić information content (AvgIpc) is 2.06. The predicted octanol–water partition coefficient (Wildman–Crippen LogP) is 1.91. The van der Waals surface area contributed by atoms with Crippen LogP contribution in [0.4, 0.5) is 0 Å². The maximum atomic E-state index is 4.99. The molecule has 0 aromatic heterocycles. The number of hydrogen-bond donors (Lipinski definition) is 1. The number of thioether (sulfide) groups is 1. The van der Waals surface area contributed by atoms with Gasteiger partial charge >= 0.3 is 0 Å². The summed E-state index contributed by atoms with van der Waals surface area (Å²) in [5.41, 5.74) is 2.58. The molecule has 0 amide bonds. The molecule has 0 bridgehead atoms. The minimum Gasteiger partial charge on any atom is -0.300 e. The van der Waals surface area contributed by atoms with E-state index in [1.54, 1.807) is 0 Å². The minimum atomic E-state index is 0.500. The van der Waals surface area contributed by atoms with Crippen molar-refractivity contribution in [1.82, 2.24) is 0 Å². The zero-order valence-electron chi connectivity index (χ0n) is 7.40. The Labute approximate surface area is 82.4 Å². The van der Waals surface area contributed by atoms with Crippen molar-refractivity contribution < 1.29 is 4.84 Å². The van der Waals surface area contributed by atoms with Gasteiger partial charge in [0.1, 0.15) is 0 Å². The van der Waals surface area contributed by atoms with Crippen molar-refractivity contribution in [3.05, 3.63) is 35.4 Å². The quantitative estimate of drug-likeness (QED) is 0.748. The molecule has 0 unspecified atom stereocenters. The second-order valence-corrected chi connectivity index (χ2v) is 4.36. The smallest absolute Gasteiger partial charge is 0.0930 e. The third-order valence-electron chi connectivity index (χ3n) is 2.34. The zero-order chi connectivity index (χ0) is 9.10. The lowest BCUT2D eigenvalue weighted by Crippen LogP contribution is -2.15. The van der Waals surface area contributed by atoms with E-state index >= 15 is 0 Å². The van der Waals surface area contributed by atoms with Gasteiger partial charge in [-0.15, -0.1) is 0 Å². The molecule has 0 atom stereocenters. The van der Waals surface area contributed by atoms with Crippen LogP contribution in [0.25, 0.3) is 0 Å². The third-order valence-corrected chi connectivity index (χ3v) is 3.62. The van der Waals surface area contributed by atoms with Crippen LogP contribution in [0.5, 0.6) is 0 Å². The lowest BCUT2D eigenvalue weighted by molar-refractivity contribution is 0.124. The molecule has 2 rings (SSSR count). The fourth-order valence-electron chi connectivity index (χ4n) is 1.41. The molecule has 1 fully saturated rings. The lowest BCUT2D eigenvalue weighted by atomic mass is 10.0. The number of nitrogens with two attached hydrogens (primary N) is 1. The molecule has 70 valence electrons. The molecule has 0 spiro atoms. The SMILES string of the molecule is NOCc1ccc(C2CSC2)cc1. The first-order valence-electron chi connectivity index (χ1n) is 4.38. The summed E-state index contributed by atoms with van der Waals surface area (Å²) in [6.07, 6.45) is 0. The van der Waals surface area contributed by atoms with E-state index < -0.39 is 0 Å². The molecule has 13 heavy (non-hydrogen) atoms. The maximum Gasteiger partial charge on any atom is 0.0930 e. The Morgan fingerprint density at radius 2 is 2.00 bits per heavy atom. The molecule has 2 nitrogen and oxygen atoms in total. The van der Waals surface area contributed by atoms with Crippen LogP contribution >= 0.6 is 11.8 Å². The van der Waals surface area contributed by atoms with Crippen molar-refractivity contribution in [2.45, 2.75) is 12.5 Å². The molecule has 1 heterocycles. The Bertz CT molecular complexity index is 269. The van der Waals surface area contributed by atoms with Gasteiger partial charge in [0.15, 0.2) is 0 Å². The van der Waals surface area contributed by atoms with Gasteiger partial charge in [-0.3, -0.25) is 4.84 Å². The summed E-state index contributed by atoms with van der Waals surface area (Å²) in [5.74, 6) is 8.31. The maximum absolute atomic E-state index is 4.99. The van der Waals surface area contributed by atoms with Crippen molar-refractivity contribution in [3.8, 4) is 0 Å². The van der Waals surface area contributed by atoms with Crippen LogP contribution in [0.2, 0.25) is 0 Å². The van der Waals surface area contributed by atoms with Gasteiger partial charge in [0.25, 0.3) is 0 Å². The molecular weight excluding hydrogens is 182 g/mol. The van der Waals surface area contributed by atoms with Crippen molar-refractivity contribution in [2.75, 3.05) is 11.5 Å². The van der Waals surface area contributed by atoms with Crippen molar-refractivity contribution in [2.24, 2.45) is 5.90 Å². The van der Waals surface area contributed by atoms with E-state index in [2.05, 4.69) is 29.1 Å². The monoisotopic (exact) mass is 195 g/mol. The molecule has 2 N–H and O–H groups in total. The fourth-order valence-corrected chi connectivity index (χ4v) is 2.27. The zero-order valence-corrected chi connectivity index (χ0v) is 8.22. The van der Waals surface area contributed by atoms with E-state index in [0.717, 1.165) is 11.5 Å². The number of benzene rings is 1. The predicted molar refractivity (Wildman–Crippen MR) is 55.5 cm³/mol. The first-order valence-corrected chi connectivity index (χ1v) is 5.54. The Kier molecular flexibility index (Phi) is 2.88. The molecule has 1 aromatic rings. The van der Waals surface area contributed by atoms with Gasteiger partial charge in [0, 0.05) is 17.4 Å². The van der Waals surface area contributed by atoms with Crippen LogP contribution in [0.3, 0.4) is 0 Å². The van der Waals surface area contributed by atoms with Crippen molar-refractivity contribution in [3.63, 3.8) is 0 Å². The van der Waals surface area contributed by atoms with Gasteiger partial charge in [-0.2, -0.15) is 11.8 Å². The molecule has 1 aliphatic heterocycles. The molecule has 1 aliphatic rings. The molecule has 0 radical (unpaired) electrons. The van der Waals surface area contributed by atoms with Crippen molar-refractivity contribution >= 4 is 11.8 Å². The highest BCUT2D eigenvalue weighted by Crippen LogP contribution is 2.33. The van der Waals surface area contributed by atoms with Crippen LogP contribution in [0.1, 0.15) is 17.0 Å². The van der Waals surface area contributed by atoms with Crippen molar-refractivity contribution in [1.29, 1.82) is 0 Å². The first-order chi connectivity index (χ1) is 6.40. The molecule has 0 saturated carbocycles. The summed E-state index contributed by atoms with van der Waals surface area (Å²) in [5, 5.41) is 0. The number of hydrogen-bond acceptors (Lipinski definition) is 3. The molecule has 3 heteroatoms. The normalized spacial score (nSPS) is 17.0. The van der Waals surface area contributed by atoms with Crippen LogP contribution < -0.4 is 5.90 Å². The standard InChI is InChI=1S/C10H13NOS/c11-12-5-8-1-3-9(4-2-8)10-6-13-7-10/h1-4,10H,5-7,11H2. The van der Waals surface area contributed by atoms with Gasteiger partial charge in [-0.05, 0) is 11.1 Å². The van der Waals surface area contributed by atoms with E-state index in [1.165, 1.54) is 17.1 Å². The average molecular weight is 195 g/mol. The first kappa shape index (κ1) is 9.06. The summed E-state index contributed by atoms with van der Waals surface area (Å²) in [4.78, 5) is 4.56. The molecule has 1 saturated heterocycles. The highest BCUT2D eigenvalue weighted by atomic mass is 32.2. The van der Waals surface area contributed by atoms with Gasteiger partial charge < -0.3 is 0 Å². The summed E-state index contributed by atoms with van der Waals surface area (Å²) < 4.78 is 0. The molecular formula is C10H13NOS. The summed E-state index contributed by atoms with van der Waals surface area (Å²) in [6.45, 7) is 0.500. The summed E-state index contributed by atoms with van der Waals surface area (Å²) >= 11 is 2.01. The van der Waals surface area contributed by atoms with Gasteiger partial charge in [-0.1, -0.05) is 24.3 Å². The number of rotatable bonds is 3. The third kappa shape index (κ3) is 2.05. The van der Waals surface area contributed by atoms with E-state index in [9.17, 15) is 0 Å². The Balaban J connectivity index is 2.04. The van der Waals surface area contributed by atoms with E-state index in [4.69, 9.17) is 5.90 Å². The van der Waals surface area contributed by atoms with Crippen LogP contribution in [-0.4, -0.2) is 11.5 Å². The Morgan fingerprint density at radius 3 is 2.46 bits per heavy atom. The molecule has 0 aliphatic carbocycles. The minimum absolute atomic E-state index is 0.500. The topological polar surface area (TPSA) is 35.2 Å². The fraction of sp³-hybridized carbons (Fsp3) is 0.400. The van der Waals surface area contributed by atoms with E-state index in [1.807, 2.05) is 11.8 Å². The Morgan fingerprint density at radius 1 is 1.31 bits per heavy atom. The lowest BCUT2D eigenvalue weighted by Gasteiger charge is -2.25. The summed E-state index contributed by atoms with van der Waals surface area (Å²) in [6, 6.07) is 8.54. The second kappa shape index (κ2) is 4.13.